The number of hydrogen-bond acceptors (Lipinski definition) is 2. The number of aromatic hydroxyl groups is 1. The predicted molar refractivity (Wildman–Crippen MR) is 61.1 cm³/mol. The monoisotopic (exact) mass is 231 g/mol. The summed E-state index contributed by atoms with van der Waals surface area (Å²) in [6.45, 7) is 0.759. The number of hydrogen-bond donors (Lipinski definition) is 2. The molecule has 0 amide bonds. The lowest BCUT2D eigenvalue weighted by molar-refractivity contribution is 0.475. The van der Waals surface area contributed by atoms with E-state index in [1.54, 1.807) is 6.07 Å². The summed E-state index contributed by atoms with van der Waals surface area (Å²) in [5.41, 5.74) is 0.796. The SMILES string of the molecule is CNCC=Cc1cc(Cl)c(O)cc1Cl. The van der Waals surface area contributed by atoms with E-state index in [0.717, 1.165) is 12.1 Å². The second kappa shape index (κ2) is 5.25. The van der Waals surface area contributed by atoms with Crippen molar-refractivity contribution in [2.45, 2.75) is 0 Å². The lowest BCUT2D eigenvalue weighted by Crippen LogP contribution is -2.03. The summed E-state index contributed by atoms with van der Waals surface area (Å²) >= 11 is 11.6. The van der Waals surface area contributed by atoms with Crippen LogP contribution in [0.15, 0.2) is 18.2 Å². The van der Waals surface area contributed by atoms with E-state index in [2.05, 4.69) is 5.32 Å². The zero-order chi connectivity index (χ0) is 10.6. The first-order chi connectivity index (χ1) is 6.65. The van der Waals surface area contributed by atoms with Gasteiger partial charge in [-0.2, -0.15) is 0 Å². The van der Waals surface area contributed by atoms with Crippen LogP contribution >= 0.6 is 23.2 Å². The van der Waals surface area contributed by atoms with Crippen molar-refractivity contribution in [1.82, 2.24) is 5.32 Å². The van der Waals surface area contributed by atoms with Gasteiger partial charge in [0.1, 0.15) is 5.75 Å². The minimum Gasteiger partial charge on any atom is -0.506 e. The molecule has 1 rings (SSSR count). The molecular formula is C10H11Cl2NO. The predicted octanol–water partition coefficient (Wildman–Crippen LogP) is 2.93. The summed E-state index contributed by atoms with van der Waals surface area (Å²) in [4.78, 5) is 0. The van der Waals surface area contributed by atoms with Crippen molar-refractivity contribution in [3.05, 3.63) is 33.8 Å². The lowest BCUT2D eigenvalue weighted by Gasteiger charge is -2.01. The Kier molecular flexibility index (Phi) is 4.26. The molecule has 0 aliphatic carbocycles. The second-order valence-corrected chi connectivity index (χ2v) is 3.60. The van der Waals surface area contributed by atoms with E-state index in [0.29, 0.717) is 10.0 Å². The minimum atomic E-state index is 0.00225. The molecule has 0 atom stereocenters. The van der Waals surface area contributed by atoms with Gasteiger partial charge in [-0.25, -0.2) is 0 Å². The average molecular weight is 232 g/mol. The smallest absolute Gasteiger partial charge is 0.135 e. The number of benzene rings is 1. The van der Waals surface area contributed by atoms with E-state index in [4.69, 9.17) is 23.2 Å². The van der Waals surface area contributed by atoms with E-state index in [1.807, 2.05) is 19.2 Å². The van der Waals surface area contributed by atoms with Gasteiger partial charge in [-0.1, -0.05) is 35.4 Å². The Morgan fingerprint density at radius 2 is 2.07 bits per heavy atom. The molecule has 0 unspecified atom stereocenters. The minimum absolute atomic E-state index is 0.00225. The first-order valence-electron chi connectivity index (χ1n) is 4.14. The number of nitrogens with one attached hydrogen (secondary N) is 1. The van der Waals surface area contributed by atoms with Crippen LogP contribution in [0.3, 0.4) is 0 Å². The van der Waals surface area contributed by atoms with Crippen LogP contribution in [0.4, 0.5) is 0 Å². The normalized spacial score (nSPS) is 11.1. The van der Waals surface area contributed by atoms with Gasteiger partial charge in [0.15, 0.2) is 0 Å². The van der Waals surface area contributed by atoms with Gasteiger partial charge in [0.05, 0.1) is 10.0 Å². The summed E-state index contributed by atoms with van der Waals surface area (Å²) in [5.74, 6) is 0.00225. The maximum atomic E-state index is 9.24. The van der Waals surface area contributed by atoms with Gasteiger partial charge in [0.2, 0.25) is 0 Å². The van der Waals surface area contributed by atoms with Crippen LogP contribution in [0, 0.1) is 0 Å². The molecule has 0 aromatic heterocycles. The highest BCUT2D eigenvalue weighted by atomic mass is 35.5. The Balaban J connectivity index is 2.92. The average Bonchev–Trinajstić information content (AvgIpc) is 2.14. The summed E-state index contributed by atoms with van der Waals surface area (Å²) in [6, 6.07) is 3.06. The van der Waals surface area contributed by atoms with Crippen LogP contribution in [0.25, 0.3) is 6.08 Å². The van der Waals surface area contributed by atoms with Crippen molar-refractivity contribution >= 4 is 29.3 Å². The molecule has 0 saturated heterocycles. The molecule has 0 aliphatic rings. The van der Waals surface area contributed by atoms with Gasteiger partial charge in [0, 0.05) is 12.6 Å². The molecule has 0 fully saturated rings. The molecule has 0 spiro atoms. The van der Waals surface area contributed by atoms with Crippen molar-refractivity contribution in [3.63, 3.8) is 0 Å². The van der Waals surface area contributed by atoms with Crippen LogP contribution in [-0.4, -0.2) is 18.7 Å². The Morgan fingerprint density at radius 3 is 2.71 bits per heavy atom. The molecule has 1 aromatic rings. The van der Waals surface area contributed by atoms with E-state index in [1.165, 1.54) is 6.07 Å². The molecule has 0 aliphatic heterocycles. The standard InChI is InChI=1S/C10H11Cl2NO/c1-13-4-2-3-7-5-9(12)10(14)6-8(7)11/h2-3,5-6,13-14H,4H2,1H3. The third kappa shape index (κ3) is 2.91. The van der Waals surface area contributed by atoms with Crippen molar-refractivity contribution in [1.29, 1.82) is 0 Å². The highest BCUT2D eigenvalue weighted by Crippen LogP contribution is 2.30. The Labute approximate surface area is 93.2 Å². The highest BCUT2D eigenvalue weighted by molar-refractivity contribution is 6.35. The zero-order valence-electron chi connectivity index (χ0n) is 7.72. The van der Waals surface area contributed by atoms with Crippen LogP contribution in [0.1, 0.15) is 5.56 Å². The highest BCUT2D eigenvalue weighted by Gasteiger charge is 2.03. The fourth-order valence-electron chi connectivity index (χ4n) is 0.983. The van der Waals surface area contributed by atoms with Gasteiger partial charge in [-0.15, -0.1) is 0 Å². The molecule has 2 N–H and O–H groups in total. The quantitative estimate of drug-likeness (QED) is 0.839. The number of phenolic OH excluding ortho intramolecular Hbond substituents is 1. The van der Waals surface area contributed by atoms with E-state index >= 15 is 0 Å². The molecule has 76 valence electrons. The first kappa shape index (κ1) is 11.4. The number of rotatable bonds is 3. The number of likely N-dealkylation sites (N-methyl/N-ethyl adjacent to an activating group) is 1. The maximum Gasteiger partial charge on any atom is 0.135 e. The van der Waals surface area contributed by atoms with Crippen molar-refractivity contribution in [2.75, 3.05) is 13.6 Å². The van der Waals surface area contributed by atoms with E-state index in [-0.39, 0.29) is 5.75 Å². The van der Waals surface area contributed by atoms with Gasteiger partial charge in [-0.05, 0) is 18.7 Å². The molecule has 4 heteroatoms. The summed E-state index contributed by atoms with van der Waals surface area (Å²) in [6.07, 6.45) is 3.78. The molecule has 0 radical (unpaired) electrons. The Hall–Kier alpha value is -0.700. The molecule has 0 bridgehead atoms. The molecule has 1 aromatic carbocycles. The van der Waals surface area contributed by atoms with Crippen molar-refractivity contribution < 1.29 is 5.11 Å². The Morgan fingerprint density at radius 1 is 1.36 bits per heavy atom. The second-order valence-electron chi connectivity index (χ2n) is 2.79. The summed E-state index contributed by atoms with van der Waals surface area (Å²) in [5, 5.41) is 13.0. The zero-order valence-corrected chi connectivity index (χ0v) is 9.23. The summed E-state index contributed by atoms with van der Waals surface area (Å²) in [7, 11) is 1.86. The first-order valence-corrected chi connectivity index (χ1v) is 4.90. The third-order valence-corrected chi connectivity index (χ3v) is 2.32. The molecule has 2 nitrogen and oxygen atoms in total. The van der Waals surface area contributed by atoms with Crippen LogP contribution in [-0.2, 0) is 0 Å². The molecule has 0 saturated carbocycles. The van der Waals surface area contributed by atoms with Gasteiger partial charge in [-0.3, -0.25) is 0 Å². The van der Waals surface area contributed by atoms with Crippen molar-refractivity contribution in [3.8, 4) is 5.75 Å². The van der Waals surface area contributed by atoms with Crippen LogP contribution in [0.5, 0.6) is 5.75 Å². The molecule has 14 heavy (non-hydrogen) atoms. The van der Waals surface area contributed by atoms with E-state index < -0.39 is 0 Å². The van der Waals surface area contributed by atoms with Crippen molar-refractivity contribution in [2.24, 2.45) is 0 Å². The summed E-state index contributed by atoms with van der Waals surface area (Å²) < 4.78 is 0. The van der Waals surface area contributed by atoms with E-state index in [9.17, 15) is 5.11 Å². The van der Waals surface area contributed by atoms with Crippen LogP contribution < -0.4 is 5.32 Å². The Bertz CT molecular complexity index is 350. The van der Waals surface area contributed by atoms with Gasteiger partial charge < -0.3 is 10.4 Å². The molecular weight excluding hydrogens is 221 g/mol. The third-order valence-electron chi connectivity index (χ3n) is 1.69. The fraction of sp³-hybridized carbons (Fsp3) is 0.200. The van der Waals surface area contributed by atoms with Crippen LogP contribution in [0.2, 0.25) is 10.0 Å². The topological polar surface area (TPSA) is 32.3 Å². The number of halogens is 2. The van der Waals surface area contributed by atoms with Gasteiger partial charge in [0.25, 0.3) is 0 Å². The molecule has 0 heterocycles. The van der Waals surface area contributed by atoms with Gasteiger partial charge >= 0.3 is 0 Å². The largest absolute Gasteiger partial charge is 0.506 e. The number of phenols is 1. The lowest BCUT2D eigenvalue weighted by atomic mass is 10.2. The maximum absolute atomic E-state index is 9.24. The fourth-order valence-corrected chi connectivity index (χ4v) is 1.38.